The molecule has 0 saturated carbocycles. The van der Waals surface area contributed by atoms with Crippen LogP contribution in [0.5, 0.6) is 5.88 Å². The standard InChI is InChI=1S/C29H29N3O2/c1-20-10-15-25-26(18-20)32(21(2)33)29(34)27(25)28(23-8-4-3-5-9-23)30-24-13-11-22(12-14-24)19-31-16-6-7-17-31/h3-5,8-15,18,34H,6-7,16-17,19H2,1-2H3. The first-order valence-electron chi connectivity index (χ1n) is 11.8. The molecular formula is C29H29N3O2. The lowest BCUT2D eigenvalue weighted by atomic mass is 10.00. The highest BCUT2D eigenvalue weighted by atomic mass is 16.3. The number of aromatic nitrogens is 1. The maximum atomic E-state index is 12.5. The van der Waals surface area contributed by atoms with Gasteiger partial charge in [0.25, 0.3) is 0 Å². The average molecular weight is 452 g/mol. The van der Waals surface area contributed by atoms with Crippen molar-refractivity contribution in [1.82, 2.24) is 9.47 Å². The summed E-state index contributed by atoms with van der Waals surface area (Å²) < 4.78 is 1.37. The Labute approximate surface area is 200 Å². The zero-order chi connectivity index (χ0) is 23.7. The summed E-state index contributed by atoms with van der Waals surface area (Å²) in [6.45, 7) is 6.73. The Morgan fingerprint density at radius 1 is 0.971 bits per heavy atom. The zero-order valence-corrected chi connectivity index (χ0v) is 19.7. The summed E-state index contributed by atoms with van der Waals surface area (Å²) in [6, 6.07) is 24.0. The highest BCUT2D eigenvalue weighted by Crippen LogP contribution is 2.35. The molecule has 5 heteroatoms. The van der Waals surface area contributed by atoms with Crippen molar-refractivity contribution in [2.45, 2.75) is 33.2 Å². The largest absolute Gasteiger partial charge is 0.494 e. The van der Waals surface area contributed by atoms with Gasteiger partial charge in [-0.15, -0.1) is 0 Å². The number of carbonyl (C=O) groups is 1. The Bertz CT molecular complexity index is 1360. The highest BCUT2D eigenvalue weighted by Gasteiger charge is 2.24. The van der Waals surface area contributed by atoms with E-state index in [-0.39, 0.29) is 11.8 Å². The Morgan fingerprint density at radius 3 is 2.35 bits per heavy atom. The number of aryl methyl sites for hydroxylation is 1. The van der Waals surface area contributed by atoms with Gasteiger partial charge in [0.15, 0.2) is 0 Å². The van der Waals surface area contributed by atoms with Gasteiger partial charge in [-0.1, -0.05) is 54.6 Å². The van der Waals surface area contributed by atoms with Crippen molar-refractivity contribution in [1.29, 1.82) is 0 Å². The second-order valence-corrected chi connectivity index (χ2v) is 9.05. The third kappa shape index (κ3) is 4.27. The maximum absolute atomic E-state index is 12.5. The van der Waals surface area contributed by atoms with Crippen LogP contribution in [0.1, 0.15) is 46.8 Å². The first-order chi connectivity index (χ1) is 16.5. The fourth-order valence-corrected chi connectivity index (χ4v) is 4.80. The molecule has 0 aliphatic carbocycles. The molecule has 0 radical (unpaired) electrons. The molecule has 1 N–H and O–H groups in total. The van der Waals surface area contributed by atoms with Crippen LogP contribution in [0.15, 0.2) is 77.8 Å². The minimum atomic E-state index is -0.238. The summed E-state index contributed by atoms with van der Waals surface area (Å²) in [5, 5.41) is 12.0. The van der Waals surface area contributed by atoms with Crippen molar-refractivity contribution >= 4 is 28.2 Å². The molecule has 5 rings (SSSR count). The molecule has 1 fully saturated rings. The molecule has 1 aromatic heterocycles. The van der Waals surface area contributed by atoms with Gasteiger partial charge >= 0.3 is 0 Å². The minimum Gasteiger partial charge on any atom is -0.494 e. The van der Waals surface area contributed by atoms with E-state index in [1.165, 1.54) is 29.9 Å². The van der Waals surface area contributed by atoms with Crippen LogP contribution in [0.2, 0.25) is 0 Å². The molecule has 0 unspecified atom stereocenters. The fraction of sp³-hybridized carbons (Fsp3) is 0.241. The van der Waals surface area contributed by atoms with Crippen LogP contribution >= 0.6 is 0 Å². The lowest BCUT2D eigenvalue weighted by Crippen LogP contribution is -2.18. The molecule has 0 amide bonds. The van der Waals surface area contributed by atoms with Crippen molar-refractivity contribution in [3.63, 3.8) is 0 Å². The summed E-state index contributed by atoms with van der Waals surface area (Å²) in [5.41, 5.74) is 5.86. The quantitative estimate of drug-likeness (QED) is 0.374. The summed E-state index contributed by atoms with van der Waals surface area (Å²) in [6.07, 6.45) is 2.55. The molecule has 0 atom stereocenters. The lowest BCUT2D eigenvalue weighted by Gasteiger charge is -2.14. The third-order valence-electron chi connectivity index (χ3n) is 6.48. The lowest BCUT2D eigenvalue weighted by molar-refractivity contribution is 0.0933. The van der Waals surface area contributed by atoms with Gasteiger partial charge in [-0.3, -0.25) is 14.3 Å². The Morgan fingerprint density at radius 2 is 1.68 bits per heavy atom. The van der Waals surface area contributed by atoms with Crippen molar-refractivity contribution in [3.8, 4) is 5.88 Å². The van der Waals surface area contributed by atoms with Crippen LogP contribution < -0.4 is 0 Å². The number of likely N-dealkylation sites (tertiary alicyclic amines) is 1. The third-order valence-corrected chi connectivity index (χ3v) is 6.48. The number of aliphatic imine (C=N–C) groups is 1. The second-order valence-electron chi connectivity index (χ2n) is 9.05. The predicted octanol–water partition coefficient (Wildman–Crippen LogP) is 6.08. The van der Waals surface area contributed by atoms with Crippen LogP contribution in [0, 0.1) is 6.92 Å². The van der Waals surface area contributed by atoms with E-state index in [9.17, 15) is 9.90 Å². The molecule has 1 aliphatic heterocycles. The van der Waals surface area contributed by atoms with Crippen LogP contribution in [0.25, 0.3) is 10.9 Å². The van der Waals surface area contributed by atoms with E-state index in [4.69, 9.17) is 4.99 Å². The molecule has 3 aromatic carbocycles. The molecule has 4 aromatic rings. The van der Waals surface area contributed by atoms with Crippen molar-refractivity contribution in [2.24, 2.45) is 4.99 Å². The summed E-state index contributed by atoms with van der Waals surface area (Å²) in [7, 11) is 0. The van der Waals surface area contributed by atoms with E-state index in [1.54, 1.807) is 0 Å². The molecule has 1 saturated heterocycles. The second kappa shape index (κ2) is 9.27. The van der Waals surface area contributed by atoms with Gasteiger partial charge in [0.05, 0.1) is 22.5 Å². The number of carbonyl (C=O) groups excluding carboxylic acids is 1. The van der Waals surface area contributed by atoms with E-state index < -0.39 is 0 Å². The summed E-state index contributed by atoms with van der Waals surface area (Å²) in [4.78, 5) is 19.9. The number of hydrogen-bond donors (Lipinski definition) is 1. The zero-order valence-electron chi connectivity index (χ0n) is 19.7. The van der Waals surface area contributed by atoms with Crippen LogP contribution in [-0.4, -0.2) is 39.3 Å². The highest BCUT2D eigenvalue weighted by molar-refractivity contribution is 6.23. The first kappa shape index (κ1) is 22.1. The molecule has 0 bridgehead atoms. The monoisotopic (exact) mass is 451 g/mol. The Balaban J connectivity index is 1.64. The van der Waals surface area contributed by atoms with Crippen LogP contribution in [0.3, 0.4) is 0 Å². The number of fused-ring (bicyclic) bond motifs is 1. The van der Waals surface area contributed by atoms with E-state index in [1.807, 2.05) is 67.6 Å². The van der Waals surface area contributed by atoms with Gasteiger partial charge < -0.3 is 5.11 Å². The van der Waals surface area contributed by atoms with E-state index in [2.05, 4.69) is 17.0 Å². The minimum absolute atomic E-state index is 0.0821. The number of nitrogens with zero attached hydrogens (tertiary/aromatic N) is 3. The molecule has 5 nitrogen and oxygen atoms in total. The topological polar surface area (TPSA) is 57.8 Å². The van der Waals surface area contributed by atoms with Gasteiger partial charge in [-0.2, -0.15) is 0 Å². The van der Waals surface area contributed by atoms with Crippen LogP contribution in [0.4, 0.5) is 5.69 Å². The molecule has 0 spiro atoms. The van der Waals surface area contributed by atoms with Crippen molar-refractivity contribution < 1.29 is 9.90 Å². The number of rotatable bonds is 5. The number of benzene rings is 3. The number of hydrogen-bond acceptors (Lipinski definition) is 4. The van der Waals surface area contributed by atoms with Crippen LogP contribution in [-0.2, 0) is 6.54 Å². The van der Waals surface area contributed by atoms with Gasteiger partial charge in [-0.05, 0) is 62.2 Å². The average Bonchev–Trinajstić information content (AvgIpc) is 3.44. The SMILES string of the molecule is CC(=O)n1c(O)c(C(=Nc2ccc(CN3CCCC3)cc2)c2ccccc2)c2ccc(C)cc21. The van der Waals surface area contributed by atoms with Gasteiger partial charge in [0.2, 0.25) is 11.8 Å². The van der Waals surface area contributed by atoms with Gasteiger partial charge in [-0.25, -0.2) is 4.99 Å². The number of aromatic hydroxyl groups is 1. The van der Waals surface area contributed by atoms with Gasteiger partial charge in [0, 0.05) is 24.4 Å². The molecule has 1 aliphatic rings. The fourth-order valence-electron chi connectivity index (χ4n) is 4.80. The Hall–Kier alpha value is -3.70. The molecular weight excluding hydrogens is 422 g/mol. The normalized spacial score (nSPS) is 14.7. The first-order valence-corrected chi connectivity index (χ1v) is 11.8. The predicted molar refractivity (Wildman–Crippen MR) is 137 cm³/mol. The van der Waals surface area contributed by atoms with E-state index in [0.29, 0.717) is 16.8 Å². The maximum Gasteiger partial charge on any atom is 0.230 e. The summed E-state index contributed by atoms with van der Waals surface area (Å²) in [5.74, 6) is -0.320. The summed E-state index contributed by atoms with van der Waals surface area (Å²) >= 11 is 0. The van der Waals surface area contributed by atoms with E-state index >= 15 is 0 Å². The Kier molecular flexibility index (Phi) is 6.03. The smallest absolute Gasteiger partial charge is 0.230 e. The molecule has 34 heavy (non-hydrogen) atoms. The molecule has 2 heterocycles. The van der Waals surface area contributed by atoms with Crippen molar-refractivity contribution in [2.75, 3.05) is 13.1 Å². The van der Waals surface area contributed by atoms with Gasteiger partial charge in [0.1, 0.15) is 0 Å². The van der Waals surface area contributed by atoms with E-state index in [0.717, 1.165) is 41.8 Å². The van der Waals surface area contributed by atoms with Crippen molar-refractivity contribution in [3.05, 3.63) is 95.1 Å². The molecule has 172 valence electrons.